The van der Waals surface area contributed by atoms with Gasteiger partial charge in [-0.2, -0.15) is 4.98 Å². The Morgan fingerprint density at radius 3 is 2.71 bits per heavy atom. The van der Waals surface area contributed by atoms with Crippen LogP contribution in [0.4, 0.5) is 0 Å². The second kappa shape index (κ2) is 5.90. The number of nitrogens with zero attached hydrogens (tertiary/aromatic N) is 2. The number of hydrogen-bond acceptors (Lipinski definition) is 5. The van der Waals surface area contributed by atoms with Crippen molar-refractivity contribution in [1.82, 2.24) is 20.4 Å². The fraction of sp³-hybridized carbons (Fsp3) is 0.429. The standard InChI is InChI=1S/C14H18N4O3/c1-14(2,3)13-17-10(18-21-13)6-7-15-12(20)9-4-5-11(19)16-8-9/h4-5,8H,6-7H2,1-3H3,(H,15,20)(H,16,19). The lowest BCUT2D eigenvalue weighted by molar-refractivity contribution is 0.0953. The van der Waals surface area contributed by atoms with Crippen LogP contribution in [0.2, 0.25) is 0 Å². The van der Waals surface area contributed by atoms with Gasteiger partial charge in [0.1, 0.15) is 0 Å². The van der Waals surface area contributed by atoms with Gasteiger partial charge in [0.05, 0.1) is 5.56 Å². The van der Waals surface area contributed by atoms with Crippen LogP contribution >= 0.6 is 0 Å². The summed E-state index contributed by atoms with van der Waals surface area (Å²) in [5, 5.41) is 6.61. The number of H-pyrrole nitrogens is 1. The van der Waals surface area contributed by atoms with Crippen LogP contribution < -0.4 is 10.9 Å². The van der Waals surface area contributed by atoms with Crippen LogP contribution in [0.25, 0.3) is 0 Å². The van der Waals surface area contributed by atoms with E-state index in [2.05, 4.69) is 20.4 Å². The fourth-order valence-electron chi connectivity index (χ4n) is 1.60. The van der Waals surface area contributed by atoms with Crippen LogP contribution in [-0.2, 0) is 11.8 Å². The molecule has 0 aromatic carbocycles. The van der Waals surface area contributed by atoms with Crippen molar-refractivity contribution in [3.63, 3.8) is 0 Å². The predicted octanol–water partition coefficient (Wildman–Crippen LogP) is 1.03. The van der Waals surface area contributed by atoms with E-state index >= 15 is 0 Å². The van der Waals surface area contributed by atoms with E-state index in [1.54, 1.807) is 0 Å². The zero-order valence-corrected chi connectivity index (χ0v) is 12.3. The summed E-state index contributed by atoms with van der Waals surface area (Å²) in [5.74, 6) is 0.872. The Bertz CT molecular complexity index is 662. The highest BCUT2D eigenvalue weighted by Gasteiger charge is 2.21. The molecule has 1 amide bonds. The zero-order valence-electron chi connectivity index (χ0n) is 12.3. The number of carbonyl (C=O) groups excluding carboxylic acids is 1. The van der Waals surface area contributed by atoms with Crippen LogP contribution in [0.3, 0.4) is 0 Å². The van der Waals surface area contributed by atoms with E-state index in [0.717, 1.165) is 0 Å². The molecule has 0 atom stereocenters. The summed E-state index contributed by atoms with van der Waals surface area (Å²) in [7, 11) is 0. The van der Waals surface area contributed by atoms with Crippen molar-refractivity contribution in [1.29, 1.82) is 0 Å². The molecule has 0 bridgehead atoms. The first-order valence-electron chi connectivity index (χ1n) is 6.66. The quantitative estimate of drug-likeness (QED) is 0.875. The summed E-state index contributed by atoms with van der Waals surface area (Å²) in [4.78, 5) is 29.5. The Kier molecular flexibility index (Phi) is 4.21. The highest BCUT2D eigenvalue weighted by Crippen LogP contribution is 2.19. The van der Waals surface area contributed by atoms with Gasteiger partial charge < -0.3 is 14.8 Å². The maximum Gasteiger partial charge on any atom is 0.252 e. The second-order valence-corrected chi connectivity index (χ2v) is 5.71. The molecule has 0 saturated heterocycles. The molecule has 0 radical (unpaired) electrons. The molecule has 0 fully saturated rings. The first kappa shape index (κ1) is 15.0. The van der Waals surface area contributed by atoms with Gasteiger partial charge in [0.2, 0.25) is 11.4 Å². The van der Waals surface area contributed by atoms with Crippen LogP contribution in [0.15, 0.2) is 27.6 Å². The Labute approximate surface area is 121 Å². The molecule has 112 valence electrons. The number of carbonyl (C=O) groups is 1. The molecule has 7 nitrogen and oxygen atoms in total. The van der Waals surface area contributed by atoms with Crippen molar-refractivity contribution in [2.75, 3.05) is 6.54 Å². The van der Waals surface area contributed by atoms with E-state index < -0.39 is 0 Å². The highest BCUT2D eigenvalue weighted by atomic mass is 16.5. The maximum absolute atomic E-state index is 11.8. The van der Waals surface area contributed by atoms with E-state index in [9.17, 15) is 9.59 Å². The van der Waals surface area contributed by atoms with Gasteiger partial charge >= 0.3 is 0 Å². The number of nitrogens with one attached hydrogen (secondary N) is 2. The van der Waals surface area contributed by atoms with Crippen molar-refractivity contribution in [2.24, 2.45) is 0 Å². The van der Waals surface area contributed by atoms with E-state index in [1.807, 2.05) is 20.8 Å². The van der Waals surface area contributed by atoms with E-state index in [1.165, 1.54) is 18.3 Å². The minimum absolute atomic E-state index is 0.190. The average molecular weight is 290 g/mol. The Hall–Kier alpha value is -2.44. The molecule has 0 aliphatic heterocycles. The van der Waals surface area contributed by atoms with Crippen LogP contribution in [0.5, 0.6) is 0 Å². The molecule has 7 heteroatoms. The van der Waals surface area contributed by atoms with Gasteiger partial charge in [-0.25, -0.2) is 0 Å². The lowest BCUT2D eigenvalue weighted by atomic mass is 9.97. The first-order chi connectivity index (χ1) is 9.86. The molecule has 0 saturated carbocycles. The van der Waals surface area contributed by atoms with Gasteiger partial charge in [-0.3, -0.25) is 9.59 Å². The summed E-state index contributed by atoms with van der Waals surface area (Å²) in [5.41, 5.74) is -0.0316. The lowest BCUT2D eigenvalue weighted by Crippen LogP contribution is -2.26. The van der Waals surface area contributed by atoms with Gasteiger partial charge in [-0.1, -0.05) is 25.9 Å². The predicted molar refractivity (Wildman–Crippen MR) is 76.1 cm³/mol. The normalized spacial score (nSPS) is 11.4. The van der Waals surface area contributed by atoms with Crippen molar-refractivity contribution in [3.05, 3.63) is 46.0 Å². The second-order valence-electron chi connectivity index (χ2n) is 5.71. The molecule has 0 spiro atoms. The molecule has 2 aromatic heterocycles. The number of amides is 1. The summed E-state index contributed by atoms with van der Waals surface area (Å²) in [6.07, 6.45) is 1.86. The first-order valence-corrected chi connectivity index (χ1v) is 6.66. The molecule has 2 rings (SSSR count). The molecule has 0 aliphatic carbocycles. The van der Waals surface area contributed by atoms with Crippen molar-refractivity contribution >= 4 is 5.91 Å². The van der Waals surface area contributed by atoms with Crippen LogP contribution in [0.1, 0.15) is 42.8 Å². The zero-order chi connectivity index (χ0) is 15.5. The van der Waals surface area contributed by atoms with E-state index in [4.69, 9.17) is 4.52 Å². The maximum atomic E-state index is 11.8. The Morgan fingerprint density at radius 1 is 1.38 bits per heavy atom. The molecule has 2 aromatic rings. The third-order valence-corrected chi connectivity index (χ3v) is 2.79. The topological polar surface area (TPSA) is 101 Å². The van der Waals surface area contributed by atoms with Gasteiger partial charge in [0, 0.05) is 30.6 Å². The van der Waals surface area contributed by atoms with Gasteiger partial charge in [0.25, 0.3) is 5.91 Å². The minimum Gasteiger partial charge on any atom is -0.352 e. The molecular weight excluding hydrogens is 272 g/mol. The fourth-order valence-corrected chi connectivity index (χ4v) is 1.60. The number of pyridine rings is 1. The number of aromatic amines is 1. The van der Waals surface area contributed by atoms with Crippen molar-refractivity contribution < 1.29 is 9.32 Å². The number of aromatic nitrogens is 3. The van der Waals surface area contributed by atoms with Gasteiger partial charge in [-0.15, -0.1) is 0 Å². The number of rotatable bonds is 4. The summed E-state index contributed by atoms with van der Waals surface area (Å²) in [6.45, 7) is 6.35. The largest absolute Gasteiger partial charge is 0.352 e. The smallest absolute Gasteiger partial charge is 0.252 e. The van der Waals surface area contributed by atoms with E-state index in [-0.39, 0.29) is 16.9 Å². The number of hydrogen-bond donors (Lipinski definition) is 2. The molecular formula is C14H18N4O3. The van der Waals surface area contributed by atoms with Crippen molar-refractivity contribution in [2.45, 2.75) is 32.6 Å². The monoisotopic (exact) mass is 290 g/mol. The third-order valence-electron chi connectivity index (χ3n) is 2.79. The minimum atomic E-state index is -0.259. The third kappa shape index (κ3) is 4.01. The summed E-state index contributed by atoms with van der Waals surface area (Å²) in [6, 6.07) is 2.78. The van der Waals surface area contributed by atoms with Crippen LogP contribution in [-0.4, -0.2) is 27.6 Å². The van der Waals surface area contributed by atoms with Crippen molar-refractivity contribution in [3.8, 4) is 0 Å². The van der Waals surface area contributed by atoms with Gasteiger partial charge in [-0.05, 0) is 6.07 Å². The average Bonchev–Trinajstić information content (AvgIpc) is 2.88. The highest BCUT2D eigenvalue weighted by molar-refractivity contribution is 5.93. The van der Waals surface area contributed by atoms with Gasteiger partial charge in [0.15, 0.2) is 5.82 Å². The molecule has 21 heavy (non-hydrogen) atoms. The Balaban J connectivity index is 1.87. The molecule has 2 N–H and O–H groups in total. The SMILES string of the molecule is CC(C)(C)c1nc(CCNC(=O)c2ccc(=O)[nH]c2)no1. The van der Waals surface area contributed by atoms with Crippen LogP contribution in [0, 0.1) is 0 Å². The molecule has 0 unspecified atom stereocenters. The molecule has 0 aliphatic rings. The Morgan fingerprint density at radius 2 is 2.14 bits per heavy atom. The lowest BCUT2D eigenvalue weighted by Gasteiger charge is -2.10. The summed E-state index contributed by atoms with van der Waals surface area (Å²) < 4.78 is 5.17. The summed E-state index contributed by atoms with van der Waals surface area (Å²) >= 11 is 0. The van der Waals surface area contributed by atoms with E-state index in [0.29, 0.717) is 30.2 Å². The molecule has 2 heterocycles.